The number of aliphatic carboxylic acids is 1. The second-order valence-corrected chi connectivity index (χ2v) is 5.49. The Kier molecular flexibility index (Phi) is 7.83. The van der Waals surface area contributed by atoms with Crippen LogP contribution in [0.4, 0.5) is 4.79 Å². The lowest BCUT2D eigenvalue weighted by Crippen LogP contribution is -2.57. The van der Waals surface area contributed by atoms with Gasteiger partial charge in [-0.15, -0.1) is 0 Å². The van der Waals surface area contributed by atoms with E-state index in [1.165, 1.54) is 13.8 Å². The highest BCUT2D eigenvalue weighted by atomic mass is 16.5. The van der Waals surface area contributed by atoms with E-state index in [0.717, 1.165) is 5.56 Å². The standard InChI is InChI=1S/C16H22N2O7/c1-9(19)12(14(21)17-13(10(2)20)15(22)23)18-16(24)25-8-11-6-4-3-5-7-11/h3-7,9-10,12-13,19-20H,8H2,1-2H3,(H,17,21)(H,18,24)(H,22,23)/t9-,10+,12+,13+/m1/s1. The van der Waals surface area contributed by atoms with Crippen LogP contribution in [0.15, 0.2) is 30.3 Å². The Morgan fingerprint density at radius 2 is 1.56 bits per heavy atom. The van der Waals surface area contributed by atoms with E-state index in [-0.39, 0.29) is 6.61 Å². The molecule has 0 heterocycles. The van der Waals surface area contributed by atoms with Gasteiger partial charge in [-0.05, 0) is 19.4 Å². The van der Waals surface area contributed by atoms with Crippen LogP contribution in [-0.4, -0.2) is 57.6 Å². The fourth-order valence-corrected chi connectivity index (χ4v) is 1.93. The second-order valence-electron chi connectivity index (χ2n) is 5.49. The normalized spacial score (nSPS) is 15.4. The molecule has 2 amide bonds. The Balaban J connectivity index is 2.64. The number of ether oxygens (including phenoxy) is 1. The maximum absolute atomic E-state index is 12.1. The van der Waals surface area contributed by atoms with Gasteiger partial charge in [-0.3, -0.25) is 4.79 Å². The molecule has 9 heteroatoms. The Labute approximate surface area is 144 Å². The van der Waals surface area contributed by atoms with Crippen LogP contribution in [0.2, 0.25) is 0 Å². The van der Waals surface area contributed by atoms with Gasteiger partial charge in [0.2, 0.25) is 5.91 Å². The molecule has 0 radical (unpaired) electrons. The molecule has 0 aliphatic heterocycles. The summed E-state index contributed by atoms with van der Waals surface area (Å²) in [4.78, 5) is 34.9. The molecule has 0 bridgehead atoms. The number of aliphatic hydroxyl groups excluding tert-OH is 2. The topological polar surface area (TPSA) is 145 Å². The number of hydrogen-bond donors (Lipinski definition) is 5. The number of aliphatic hydroxyl groups is 2. The summed E-state index contributed by atoms with van der Waals surface area (Å²) < 4.78 is 4.95. The van der Waals surface area contributed by atoms with Crippen molar-refractivity contribution in [3.8, 4) is 0 Å². The Morgan fingerprint density at radius 3 is 2.04 bits per heavy atom. The van der Waals surface area contributed by atoms with Crippen LogP contribution in [0.3, 0.4) is 0 Å². The smallest absolute Gasteiger partial charge is 0.408 e. The fourth-order valence-electron chi connectivity index (χ4n) is 1.93. The van der Waals surface area contributed by atoms with E-state index in [1.54, 1.807) is 30.3 Å². The summed E-state index contributed by atoms with van der Waals surface area (Å²) in [5.74, 6) is -2.40. The van der Waals surface area contributed by atoms with Gasteiger partial charge in [-0.2, -0.15) is 0 Å². The van der Waals surface area contributed by atoms with Crippen molar-refractivity contribution in [2.75, 3.05) is 0 Å². The summed E-state index contributed by atoms with van der Waals surface area (Å²) in [7, 11) is 0. The minimum Gasteiger partial charge on any atom is -0.480 e. The molecule has 9 nitrogen and oxygen atoms in total. The van der Waals surface area contributed by atoms with Gasteiger partial charge in [0.05, 0.1) is 12.2 Å². The maximum atomic E-state index is 12.1. The predicted molar refractivity (Wildman–Crippen MR) is 86.5 cm³/mol. The molecule has 5 N–H and O–H groups in total. The monoisotopic (exact) mass is 354 g/mol. The molecule has 0 unspecified atom stereocenters. The molecule has 0 fully saturated rings. The number of carboxylic acid groups (broad SMARTS) is 1. The molecule has 1 aromatic rings. The number of rotatable bonds is 8. The molecule has 1 rings (SSSR count). The first-order valence-corrected chi connectivity index (χ1v) is 7.59. The average molecular weight is 354 g/mol. The number of hydrogen-bond acceptors (Lipinski definition) is 6. The van der Waals surface area contributed by atoms with Crippen LogP contribution in [0.1, 0.15) is 19.4 Å². The van der Waals surface area contributed by atoms with Crippen LogP contribution < -0.4 is 10.6 Å². The van der Waals surface area contributed by atoms with Crippen LogP contribution in [0.25, 0.3) is 0 Å². The first kappa shape index (κ1) is 20.4. The molecule has 0 aliphatic rings. The van der Waals surface area contributed by atoms with Gasteiger partial charge in [0.15, 0.2) is 6.04 Å². The van der Waals surface area contributed by atoms with Crippen molar-refractivity contribution in [3.63, 3.8) is 0 Å². The summed E-state index contributed by atoms with van der Waals surface area (Å²) in [6.45, 7) is 2.41. The van der Waals surface area contributed by atoms with Crippen LogP contribution >= 0.6 is 0 Å². The van der Waals surface area contributed by atoms with Crippen LogP contribution in [0.5, 0.6) is 0 Å². The number of alkyl carbamates (subject to hydrolysis) is 1. The first-order valence-electron chi connectivity index (χ1n) is 7.59. The fraction of sp³-hybridized carbons (Fsp3) is 0.438. The maximum Gasteiger partial charge on any atom is 0.408 e. The molecule has 25 heavy (non-hydrogen) atoms. The van der Waals surface area contributed by atoms with Gasteiger partial charge in [0.25, 0.3) is 0 Å². The Hall–Kier alpha value is -2.65. The highest BCUT2D eigenvalue weighted by Gasteiger charge is 2.32. The van der Waals surface area contributed by atoms with Gasteiger partial charge >= 0.3 is 12.1 Å². The molecule has 0 saturated heterocycles. The van der Waals surface area contributed by atoms with Crippen molar-refractivity contribution in [1.29, 1.82) is 0 Å². The Morgan fingerprint density at radius 1 is 1.00 bits per heavy atom. The first-order chi connectivity index (χ1) is 11.7. The van der Waals surface area contributed by atoms with E-state index < -0.39 is 42.3 Å². The van der Waals surface area contributed by atoms with Gasteiger partial charge in [-0.25, -0.2) is 9.59 Å². The largest absolute Gasteiger partial charge is 0.480 e. The molecule has 0 aromatic heterocycles. The number of carbonyl (C=O) groups is 3. The highest BCUT2D eigenvalue weighted by Crippen LogP contribution is 2.02. The lowest BCUT2D eigenvalue weighted by molar-refractivity contribution is -0.145. The van der Waals surface area contributed by atoms with E-state index >= 15 is 0 Å². The quantitative estimate of drug-likeness (QED) is 0.427. The SMILES string of the molecule is C[C@H](O)[C@H](NC(=O)[C@@H](NC(=O)OCc1ccccc1)[C@@H](C)O)C(=O)O. The van der Waals surface area contributed by atoms with E-state index in [0.29, 0.717) is 0 Å². The minimum atomic E-state index is -1.57. The third-order valence-corrected chi connectivity index (χ3v) is 3.30. The number of nitrogens with one attached hydrogen (secondary N) is 2. The van der Waals surface area contributed by atoms with Gasteiger partial charge in [0.1, 0.15) is 12.6 Å². The number of benzene rings is 1. The summed E-state index contributed by atoms with van der Waals surface area (Å²) in [5.41, 5.74) is 0.732. The van der Waals surface area contributed by atoms with Crippen molar-refractivity contribution in [1.82, 2.24) is 10.6 Å². The summed E-state index contributed by atoms with van der Waals surface area (Å²) in [6.07, 6.45) is -3.62. The van der Waals surface area contributed by atoms with E-state index in [9.17, 15) is 24.6 Å². The molecular weight excluding hydrogens is 332 g/mol. The average Bonchev–Trinajstić information content (AvgIpc) is 2.55. The van der Waals surface area contributed by atoms with E-state index in [1.807, 2.05) is 0 Å². The van der Waals surface area contributed by atoms with Crippen molar-refractivity contribution in [2.45, 2.75) is 44.7 Å². The van der Waals surface area contributed by atoms with Crippen LogP contribution in [0, 0.1) is 0 Å². The lowest BCUT2D eigenvalue weighted by atomic mass is 10.1. The zero-order valence-corrected chi connectivity index (χ0v) is 13.9. The summed E-state index contributed by atoms with van der Waals surface area (Å²) in [6, 6.07) is 5.81. The number of amides is 2. The predicted octanol–water partition coefficient (Wildman–Crippen LogP) is -0.388. The van der Waals surface area contributed by atoms with Crippen molar-refractivity contribution in [2.24, 2.45) is 0 Å². The zero-order valence-electron chi connectivity index (χ0n) is 13.9. The molecule has 4 atom stereocenters. The lowest BCUT2D eigenvalue weighted by Gasteiger charge is -2.24. The van der Waals surface area contributed by atoms with Gasteiger partial charge in [0, 0.05) is 0 Å². The van der Waals surface area contributed by atoms with Crippen molar-refractivity contribution in [3.05, 3.63) is 35.9 Å². The summed E-state index contributed by atoms with van der Waals surface area (Å²) in [5, 5.41) is 32.2. The molecular formula is C16H22N2O7. The molecule has 0 aliphatic carbocycles. The molecule has 0 saturated carbocycles. The zero-order chi connectivity index (χ0) is 19.0. The Bertz CT molecular complexity index is 589. The van der Waals surface area contributed by atoms with Crippen molar-refractivity contribution >= 4 is 18.0 Å². The molecule has 138 valence electrons. The molecule has 1 aromatic carbocycles. The van der Waals surface area contributed by atoms with Gasteiger partial charge in [-0.1, -0.05) is 30.3 Å². The minimum absolute atomic E-state index is 0.0355. The number of carboxylic acids is 1. The second kappa shape index (κ2) is 9.60. The van der Waals surface area contributed by atoms with Crippen LogP contribution in [-0.2, 0) is 20.9 Å². The van der Waals surface area contributed by atoms with Crippen molar-refractivity contribution < 1.29 is 34.4 Å². The van der Waals surface area contributed by atoms with Gasteiger partial charge < -0.3 is 30.7 Å². The number of carbonyl (C=O) groups excluding carboxylic acids is 2. The van der Waals surface area contributed by atoms with E-state index in [2.05, 4.69) is 10.6 Å². The van der Waals surface area contributed by atoms with E-state index in [4.69, 9.17) is 9.84 Å². The highest BCUT2D eigenvalue weighted by molar-refractivity contribution is 5.89. The molecule has 0 spiro atoms. The summed E-state index contributed by atoms with van der Waals surface area (Å²) >= 11 is 0. The third kappa shape index (κ3) is 6.77. The third-order valence-electron chi connectivity index (χ3n) is 3.30.